The van der Waals surface area contributed by atoms with E-state index in [-0.39, 0.29) is 23.5 Å². The van der Waals surface area contributed by atoms with E-state index in [4.69, 9.17) is 0 Å². The van der Waals surface area contributed by atoms with Crippen LogP contribution in [0.15, 0.2) is 84.9 Å². The number of halogens is 1. The van der Waals surface area contributed by atoms with Crippen molar-refractivity contribution in [1.82, 2.24) is 20.0 Å². The minimum absolute atomic E-state index is 0.0222. The second-order valence-corrected chi connectivity index (χ2v) is 9.12. The fourth-order valence-corrected chi connectivity index (χ4v) is 4.55. The number of piperidine rings is 1. The van der Waals surface area contributed by atoms with Crippen LogP contribution < -0.4 is 5.32 Å². The summed E-state index contributed by atoms with van der Waals surface area (Å²) in [6.45, 7) is 2.64. The molecule has 0 bridgehead atoms. The van der Waals surface area contributed by atoms with Gasteiger partial charge in [0.15, 0.2) is 0 Å². The summed E-state index contributed by atoms with van der Waals surface area (Å²) in [5, 5.41) is 18.8. The standard InChI is InChI=1S/C28H26FN5O3/c29-22-8-6-21(7-9-22)26-18-27(33(31-26)24-10-12-25(13-11-24)34(36)37)28(35)30-23-14-16-32(17-15-23)19-20-4-2-1-3-5-20/h1-13,18,23H,14-17,19H2,(H,30,35). The molecule has 9 heteroatoms. The quantitative estimate of drug-likeness (QED) is 0.286. The van der Waals surface area contributed by atoms with Crippen LogP contribution in [0.25, 0.3) is 16.9 Å². The Morgan fingerprint density at radius 3 is 2.32 bits per heavy atom. The molecule has 5 rings (SSSR count). The van der Waals surface area contributed by atoms with Gasteiger partial charge in [-0.15, -0.1) is 0 Å². The van der Waals surface area contributed by atoms with Gasteiger partial charge >= 0.3 is 0 Å². The molecular weight excluding hydrogens is 473 g/mol. The number of carbonyl (C=O) groups is 1. The fourth-order valence-electron chi connectivity index (χ4n) is 4.55. The molecule has 37 heavy (non-hydrogen) atoms. The van der Waals surface area contributed by atoms with E-state index in [1.54, 1.807) is 30.3 Å². The van der Waals surface area contributed by atoms with Gasteiger partial charge in [0.05, 0.1) is 16.3 Å². The molecule has 3 aromatic carbocycles. The van der Waals surface area contributed by atoms with Gasteiger partial charge in [0, 0.05) is 43.4 Å². The van der Waals surface area contributed by atoms with Crippen molar-refractivity contribution in [2.24, 2.45) is 0 Å². The lowest BCUT2D eigenvalue weighted by Gasteiger charge is -2.32. The number of carbonyl (C=O) groups excluding carboxylic acids is 1. The number of rotatable bonds is 7. The summed E-state index contributed by atoms with van der Waals surface area (Å²) < 4.78 is 14.9. The number of hydrogen-bond acceptors (Lipinski definition) is 5. The topological polar surface area (TPSA) is 93.3 Å². The molecule has 1 aliphatic heterocycles. The Hall–Kier alpha value is -4.37. The van der Waals surface area contributed by atoms with E-state index in [2.05, 4.69) is 27.4 Å². The van der Waals surface area contributed by atoms with Crippen LogP contribution in [0, 0.1) is 15.9 Å². The number of likely N-dealkylation sites (tertiary alicyclic amines) is 1. The van der Waals surface area contributed by atoms with E-state index in [1.165, 1.54) is 34.5 Å². The number of aromatic nitrogens is 2. The first kappa shape index (κ1) is 24.3. The number of nitrogens with one attached hydrogen (secondary N) is 1. The third-order valence-corrected chi connectivity index (χ3v) is 6.56. The second-order valence-electron chi connectivity index (χ2n) is 9.12. The molecule has 1 aromatic heterocycles. The average molecular weight is 500 g/mol. The van der Waals surface area contributed by atoms with Crippen LogP contribution in [-0.4, -0.2) is 44.6 Å². The molecular formula is C28H26FN5O3. The molecule has 2 heterocycles. The minimum Gasteiger partial charge on any atom is -0.348 e. The van der Waals surface area contributed by atoms with Crippen molar-refractivity contribution in [2.45, 2.75) is 25.4 Å². The smallest absolute Gasteiger partial charge is 0.270 e. The number of nitrogens with zero attached hydrogens (tertiary/aromatic N) is 4. The van der Waals surface area contributed by atoms with E-state index < -0.39 is 4.92 Å². The molecule has 0 radical (unpaired) electrons. The van der Waals surface area contributed by atoms with Gasteiger partial charge in [-0.05, 0) is 60.9 Å². The van der Waals surface area contributed by atoms with Crippen LogP contribution in [-0.2, 0) is 6.54 Å². The summed E-state index contributed by atoms with van der Waals surface area (Å²) in [4.78, 5) is 26.4. The minimum atomic E-state index is -0.478. The van der Waals surface area contributed by atoms with E-state index in [9.17, 15) is 19.3 Å². The molecule has 4 aromatic rings. The first-order chi connectivity index (χ1) is 18.0. The summed E-state index contributed by atoms with van der Waals surface area (Å²) in [7, 11) is 0. The number of nitro benzene ring substituents is 1. The Morgan fingerprint density at radius 2 is 1.68 bits per heavy atom. The molecule has 188 valence electrons. The summed E-state index contributed by atoms with van der Waals surface area (Å²) in [5.74, 6) is -0.643. The van der Waals surface area contributed by atoms with Crippen LogP contribution in [0.3, 0.4) is 0 Å². The van der Waals surface area contributed by atoms with Gasteiger partial charge in [0.2, 0.25) is 0 Å². The normalized spacial score (nSPS) is 14.4. The highest BCUT2D eigenvalue weighted by molar-refractivity contribution is 5.94. The van der Waals surface area contributed by atoms with Gasteiger partial charge in [-0.2, -0.15) is 5.10 Å². The van der Waals surface area contributed by atoms with Gasteiger partial charge in [-0.25, -0.2) is 9.07 Å². The summed E-state index contributed by atoms with van der Waals surface area (Å²) >= 11 is 0. The summed E-state index contributed by atoms with van der Waals surface area (Å²) in [5.41, 5.74) is 3.20. The molecule has 0 unspecified atom stereocenters. The Balaban J connectivity index is 1.34. The van der Waals surface area contributed by atoms with Gasteiger partial charge in [-0.3, -0.25) is 19.8 Å². The highest BCUT2D eigenvalue weighted by atomic mass is 19.1. The van der Waals surface area contributed by atoms with E-state index >= 15 is 0 Å². The van der Waals surface area contributed by atoms with Gasteiger partial charge in [0.25, 0.3) is 11.6 Å². The summed E-state index contributed by atoms with van der Waals surface area (Å²) in [6.07, 6.45) is 1.66. The lowest BCUT2D eigenvalue weighted by atomic mass is 10.0. The maximum Gasteiger partial charge on any atom is 0.270 e. The predicted molar refractivity (Wildman–Crippen MR) is 138 cm³/mol. The van der Waals surface area contributed by atoms with Crippen molar-refractivity contribution >= 4 is 11.6 Å². The molecule has 0 atom stereocenters. The summed E-state index contributed by atoms with van der Waals surface area (Å²) in [6, 6.07) is 23.7. The molecule has 8 nitrogen and oxygen atoms in total. The number of nitro groups is 1. The SMILES string of the molecule is O=C(NC1CCN(Cc2ccccc2)CC1)c1cc(-c2ccc(F)cc2)nn1-c1ccc([N+](=O)[O-])cc1. The second kappa shape index (κ2) is 10.7. The highest BCUT2D eigenvalue weighted by Gasteiger charge is 2.24. The largest absolute Gasteiger partial charge is 0.348 e. The predicted octanol–water partition coefficient (Wildman–Crippen LogP) is 4.98. The molecule has 0 aliphatic carbocycles. The van der Waals surface area contributed by atoms with Crippen LogP contribution in [0.5, 0.6) is 0 Å². The van der Waals surface area contributed by atoms with Crippen molar-refractivity contribution < 1.29 is 14.1 Å². The monoisotopic (exact) mass is 499 g/mol. The fraction of sp³-hybridized carbons (Fsp3) is 0.214. The van der Waals surface area contributed by atoms with E-state index in [1.807, 2.05) is 18.2 Å². The molecule has 1 aliphatic rings. The maximum atomic E-state index is 13.4. The van der Waals surface area contributed by atoms with Crippen molar-refractivity contribution in [2.75, 3.05) is 13.1 Å². The van der Waals surface area contributed by atoms with E-state index in [0.717, 1.165) is 32.5 Å². The first-order valence-electron chi connectivity index (χ1n) is 12.1. The van der Waals surface area contributed by atoms with Gasteiger partial charge < -0.3 is 5.32 Å². The Morgan fingerprint density at radius 1 is 1.00 bits per heavy atom. The zero-order valence-corrected chi connectivity index (χ0v) is 20.1. The van der Waals surface area contributed by atoms with Crippen molar-refractivity contribution in [3.8, 4) is 16.9 Å². The Labute approximate surface area is 213 Å². The maximum absolute atomic E-state index is 13.4. The molecule has 0 saturated carbocycles. The molecule has 1 fully saturated rings. The number of amides is 1. The lowest BCUT2D eigenvalue weighted by molar-refractivity contribution is -0.384. The third-order valence-electron chi connectivity index (χ3n) is 6.56. The zero-order valence-electron chi connectivity index (χ0n) is 20.1. The lowest BCUT2D eigenvalue weighted by Crippen LogP contribution is -2.44. The highest BCUT2D eigenvalue weighted by Crippen LogP contribution is 2.24. The molecule has 0 spiro atoms. The number of hydrogen-bond donors (Lipinski definition) is 1. The van der Waals surface area contributed by atoms with Crippen molar-refractivity contribution in [3.63, 3.8) is 0 Å². The van der Waals surface area contributed by atoms with Crippen molar-refractivity contribution in [1.29, 1.82) is 0 Å². The van der Waals surface area contributed by atoms with E-state index in [0.29, 0.717) is 22.6 Å². The first-order valence-corrected chi connectivity index (χ1v) is 12.1. The van der Waals surface area contributed by atoms with Crippen LogP contribution in [0.4, 0.5) is 10.1 Å². The van der Waals surface area contributed by atoms with Gasteiger partial charge in [-0.1, -0.05) is 30.3 Å². The Kier molecular flexibility index (Phi) is 7.04. The zero-order chi connectivity index (χ0) is 25.8. The van der Waals surface area contributed by atoms with Crippen LogP contribution in [0.1, 0.15) is 28.9 Å². The van der Waals surface area contributed by atoms with Gasteiger partial charge in [0.1, 0.15) is 11.5 Å². The van der Waals surface area contributed by atoms with Crippen LogP contribution >= 0.6 is 0 Å². The molecule has 1 N–H and O–H groups in total. The third kappa shape index (κ3) is 5.73. The number of non-ortho nitro benzene ring substituents is 1. The average Bonchev–Trinajstić information content (AvgIpc) is 3.37. The van der Waals surface area contributed by atoms with Crippen LogP contribution in [0.2, 0.25) is 0 Å². The molecule has 1 saturated heterocycles. The Bertz CT molecular complexity index is 1380. The molecule has 1 amide bonds. The van der Waals surface area contributed by atoms with Crippen molar-refractivity contribution in [3.05, 3.63) is 112 Å². The number of benzene rings is 3.